The molecule has 0 aliphatic heterocycles. The van der Waals surface area contributed by atoms with E-state index in [9.17, 15) is 0 Å². The molecule has 0 aliphatic carbocycles. The summed E-state index contributed by atoms with van der Waals surface area (Å²) in [6, 6.07) is 7.82. The third-order valence-corrected chi connectivity index (χ3v) is 3.99. The first-order valence-electron chi connectivity index (χ1n) is 7.43. The Bertz CT molecular complexity index is 738. The summed E-state index contributed by atoms with van der Waals surface area (Å²) in [5, 5.41) is 13.3. The number of hydrogen-bond acceptors (Lipinski definition) is 3. The average Bonchev–Trinajstić information content (AvgIpc) is 2.76. The fourth-order valence-electron chi connectivity index (χ4n) is 2.03. The van der Waals surface area contributed by atoms with Gasteiger partial charge in [-0.2, -0.15) is 10.2 Å². The summed E-state index contributed by atoms with van der Waals surface area (Å²) in [6.07, 6.45) is 1.62. The number of thiocarbonyl (C=S) groups is 1. The molecule has 1 heterocycles. The molecule has 0 saturated carbocycles. The van der Waals surface area contributed by atoms with Gasteiger partial charge < -0.3 is 5.32 Å². The van der Waals surface area contributed by atoms with Crippen LogP contribution in [0.1, 0.15) is 30.7 Å². The van der Waals surface area contributed by atoms with Crippen molar-refractivity contribution in [3.63, 3.8) is 0 Å². The van der Waals surface area contributed by atoms with Gasteiger partial charge in [-0.15, -0.1) is 0 Å². The Morgan fingerprint density at radius 1 is 1.33 bits per heavy atom. The van der Waals surface area contributed by atoms with Crippen LogP contribution in [0.3, 0.4) is 0 Å². The lowest BCUT2D eigenvalue weighted by atomic mass is 10.2. The van der Waals surface area contributed by atoms with Crippen molar-refractivity contribution in [2.24, 2.45) is 5.10 Å². The van der Waals surface area contributed by atoms with Gasteiger partial charge in [0.1, 0.15) is 5.15 Å². The highest BCUT2D eigenvalue weighted by molar-refractivity contribution is 7.80. The number of nitrogens with one attached hydrogen (secondary N) is 2. The number of nitrogens with zero attached hydrogens (tertiary/aromatic N) is 3. The first-order chi connectivity index (χ1) is 11.4. The summed E-state index contributed by atoms with van der Waals surface area (Å²) in [6.45, 7) is 6.45. The number of hydrogen-bond donors (Lipinski definition) is 2. The maximum absolute atomic E-state index is 6.42. The SMILES string of the molecule is Cc1nn(Cc2ccc(Cl)cc2)c(Cl)c1/C=N/NC(=S)NC(C)C. The Morgan fingerprint density at radius 3 is 2.62 bits per heavy atom. The van der Waals surface area contributed by atoms with E-state index in [2.05, 4.69) is 20.9 Å². The maximum atomic E-state index is 6.42. The Kier molecular flexibility index (Phi) is 6.60. The van der Waals surface area contributed by atoms with E-state index in [1.165, 1.54) is 0 Å². The monoisotopic (exact) mass is 383 g/mol. The van der Waals surface area contributed by atoms with E-state index >= 15 is 0 Å². The van der Waals surface area contributed by atoms with Gasteiger partial charge in [-0.05, 0) is 50.7 Å². The number of hydrazone groups is 1. The number of halogens is 2. The van der Waals surface area contributed by atoms with Gasteiger partial charge in [0.05, 0.1) is 24.0 Å². The van der Waals surface area contributed by atoms with Gasteiger partial charge in [0, 0.05) is 11.1 Å². The zero-order valence-electron chi connectivity index (χ0n) is 13.7. The smallest absolute Gasteiger partial charge is 0.187 e. The number of benzene rings is 1. The van der Waals surface area contributed by atoms with Crippen LogP contribution in [0.4, 0.5) is 0 Å². The van der Waals surface area contributed by atoms with Crippen LogP contribution < -0.4 is 10.7 Å². The van der Waals surface area contributed by atoms with Crippen LogP contribution in [0.25, 0.3) is 0 Å². The van der Waals surface area contributed by atoms with Gasteiger partial charge >= 0.3 is 0 Å². The van der Waals surface area contributed by atoms with E-state index in [1.807, 2.05) is 45.0 Å². The molecule has 0 spiro atoms. The molecule has 5 nitrogen and oxygen atoms in total. The van der Waals surface area contributed by atoms with Gasteiger partial charge in [0.25, 0.3) is 0 Å². The molecular weight excluding hydrogens is 365 g/mol. The fraction of sp³-hybridized carbons (Fsp3) is 0.312. The van der Waals surface area contributed by atoms with E-state index in [0.29, 0.717) is 21.8 Å². The molecule has 2 N–H and O–H groups in total. The fourth-order valence-corrected chi connectivity index (χ4v) is 2.73. The van der Waals surface area contributed by atoms with Crippen LogP contribution in [-0.2, 0) is 6.54 Å². The Morgan fingerprint density at radius 2 is 2.00 bits per heavy atom. The molecule has 0 fully saturated rings. The summed E-state index contributed by atoms with van der Waals surface area (Å²) >= 11 is 17.4. The van der Waals surface area contributed by atoms with Crippen molar-refractivity contribution < 1.29 is 0 Å². The zero-order valence-corrected chi connectivity index (χ0v) is 16.0. The van der Waals surface area contributed by atoms with E-state index in [-0.39, 0.29) is 6.04 Å². The highest BCUT2D eigenvalue weighted by Gasteiger charge is 2.12. The third-order valence-electron chi connectivity index (χ3n) is 3.13. The van der Waals surface area contributed by atoms with E-state index in [4.69, 9.17) is 35.4 Å². The average molecular weight is 384 g/mol. The van der Waals surface area contributed by atoms with Crippen LogP contribution >= 0.6 is 35.4 Å². The predicted molar refractivity (Wildman–Crippen MR) is 104 cm³/mol. The minimum absolute atomic E-state index is 0.243. The summed E-state index contributed by atoms with van der Waals surface area (Å²) in [7, 11) is 0. The summed E-state index contributed by atoms with van der Waals surface area (Å²) in [5.74, 6) is 0. The molecule has 0 atom stereocenters. The van der Waals surface area contributed by atoms with E-state index < -0.39 is 0 Å². The minimum Gasteiger partial charge on any atom is -0.359 e. The van der Waals surface area contributed by atoms with Gasteiger partial charge in [0.15, 0.2) is 5.11 Å². The van der Waals surface area contributed by atoms with Crippen molar-refractivity contribution in [1.29, 1.82) is 0 Å². The molecule has 1 aromatic heterocycles. The normalized spacial score (nSPS) is 11.2. The zero-order chi connectivity index (χ0) is 17.7. The minimum atomic E-state index is 0.243. The molecule has 24 heavy (non-hydrogen) atoms. The van der Waals surface area contributed by atoms with Crippen molar-refractivity contribution in [1.82, 2.24) is 20.5 Å². The molecular formula is C16H19Cl2N5S. The number of aromatic nitrogens is 2. The largest absolute Gasteiger partial charge is 0.359 e. The lowest BCUT2D eigenvalue weighted by Crippen LogP contribution is -2.36. The molecule has 8 heteroatoms. The highest BCUT2D eigenvalue weighted by Crippen LogP contribution is 2.19. The topological polar surface area (TPSA) is 54.2 Å². The lowest BCUT2D eigenvalue weighted by Gasteiger charge is -2.09. The van der Waals surface area contributed by atoms with E-state index in [1.54, 1.807) is 10.9 Å². The highest BCUT2D eigenvalue weighted by atomic mass is 35.5. The summed E-state index contributed by atoms with van der Waals surface area (Å²) < 4.78 is 1.73. The second-order valence-electron chi connectivity index (χ2n) is 5.57. The Labute approximate surface area is 157 Å². The quantitative estimate of drug-likeness (QED) is 0.468. The van der Waals surface area contributed by atoms with Gasteiger partial charge in [0.2, 0.25) is 0 Å². The predicted octanol–water partition coefficient (Wildman–Crippen LogP) is 3.75. The maximum Gasteiger partial charge on any atom is 0.187 e. The Balaban J connectivity index is 2.08. The van der Waals surface area contributed by atoms with Crippen molar-refractivity contribution in [2.75, 3.05) is 0 Å². The van der Waals surface area contributed by atoms with Crippen LogP contribution in [0.5, 0.6) is 0 Å². The van der Waals surface area contributed by atoms with Crippen molar-refractivity contribution in [2.45, 2.75) is 33.4 Å². The molecule has 0 unspecified atom stereocenters. The second kappa shape index (κ2) is 8.46. The standard InChI is InChI=1S/C16H19Cl2N5S/c1-10(2)20-16(24)21-19-8-14-11(3)22-23(15(14)18)9-12-4-6-13(17)7-5-12/h4-8,10H,9H2,1-3H3,(H2,20,21,24)/b19-8+. The van der Waals surface area contributed by atoms with Crippen LogP contribution in [0, 0.1) is 6.92 Å². The second-order valence-corrected chi connectivity index (χ2v) is 6.77. The third kappa shape index (κ3) is 5.19. The number of aryl methyl sites for hydroxylation is 1. The molecule has 0 amide bonds. The van der Waals surface area contributed by atoms with E-state index in [0.717, 1.165) is 16.8 Å². The number of rotatable bonds is 5. The molecule has 0 bridgehead atoms. The van der Waals surface area contributed by atoms with Gasteiger partial charge in [-0.3, -0.25) is 5.43 Å². The molecule has 128 valence electrons. The molecule has 1 aromatic carbocycles. The van der Waals surface area contributed by atoms with Crippen molar-refractivity contribution >= 4 is 46.7 Å². The lowest BCUT2D eigenvalue weighted by molar-refractivity contribution is 0.680. The Hall–Kier alpha value is -1.63. The summed E-state index contributed by atoms with van der Waals surface area (Å²) in [5.41, 5.74) is 5.37. The molecule has 0 aliphatic rings. The van der Waals surface area contributed by atoms with Crippen LogP contribution in [0.15, 0.2) is 29.4 Å². The van der Waals surface area contributed by atoms with Crippen molar-refractivity contribution in [3.05, 3.63) is 51.3 Å². The van der Waals surface area contributed by atoms with Crippen molar-refractivity contribution in [3.8, 4) is 0 Å². The van der Waals surface area contributed by atoms with Crippen LogP contribution in [-0.4, -0.2) is 27.1 Å². The first-order valence-corrected chi connectivity index (χ1v) is 8.60. The summed E-state index contributed by atoms with van der Waals surface area (Å²) in [4.78, 5) is 0. The molecule has 0 saturated heterocycles. The van der Waals surface area contributed by atoms with Gasteiger partial charge in [-0.1, -0.05) is 35.3 Å². The molecule has 2 aromatic rings. The molecule has 2 rings (SSSR count). The van der Waals surface area contributed by atoms with Gasteiger partial charge in [-0.25, -0.2) is 4.68 Å². The van der Waals surface area contributed by atoms with Crippen LogP contribution in [0.2, 0.25) is 10.2 Å². The molecule has 0 radical (unpaired) electrons. The first kappa shape index (κ1) is 18.7.